The van der Waals surface area contributed by atoms with Gasteiger partial charge in [0.2, 0.25) is 5.22 Å². The Morgan fingerprint density at radius 2 is 2.16 bits per heavy atom. The van der Waals surface area contributed by atoms with Crippen molar-refractivity contribution in [3.8, 4) is 11.3 Å². The van der Waals surface area contributed by atoms with Crippen LogP contribution in [0.4, 0.5) is 0 Å². The van der Waals surface area contributed by atoms with E-state index in [2.05, 4.69) is 5.16 Å². The Morgan fingerprint density at radius 3 is 2.84 bits per heavy atom. The SMILES string of the molecule is CCOC(=O)/C=C/c1c(-c2ccccc2)noc1Cl. The second kappa shape index (κ2) is 6.20. The van der Waals surface area contributed by atoms with Crippen molar-refractivity contribution in [2.24, 2.45) is 0 Å². The molecule has 1 heterocycles. The predicted molar refractivity (Wildman–Crippen MR) is 72.6 cm³/mol. The summed E-state index contributed by atoms with van der Waals surface area (Å²) in [6, 6.07) is 9.44. The summed E-state index contributed by atoms with van der Waals surface area (Å²) in [5, 5.41) is 4.04. The van der Waals surface area contributed by atoms with Crippen molar-refractivity contribution in [2.45, 2.75) is 6.92 Å². The summed E-state index contributed by atoms with van der Waals surface area (Å²) in [6.07, 6.45) is 2.84. The van der Waals surface area contributed by atoms with E-state index >= 15 is 0 Å². The van der Waals surface area contributed by atoms with E-state index in [0.29, 0.717) is 17.9 Å². The second-order valence-electron chi connectivity index (χ2n) is 3.67. The molecule has 0 saturated heterocycles. The highest BCUT2D eigenvalue weighted by Gasteiger charge is 2.13. The van der Waals surface area contributed by atoms with Crippen LogP contribution in [0.15, 0.2) is 40.9 Å². The standard InChI is InChI=1S/C14H12ClNO3/c1-2-18-12(17)9-8-11-13(16-19-14(11)15)10-6-4-3-5-7-10/h3-9H,2H2,1H3/b9-8+. The van der Waals surface area contributed by atoms with Crippen LogP contribution in [0.5, 0.6) is 0 Å². The zero-order valence-corrected chi connectivity index (χ0v) is 11.1. The van der Waals surface area contributed by atoms with Crippen molar-refractivity contribution >= 4 is 23.6 Å². The zero-order valence-electron chi connectivity index (χ0n) is 10.3. The molecule has 0 aliphatic rings. The number of esters is 1. The fourth-order valence-electron chi connectivity index (χ4n) is 1.57. The van der Waals surface area contributed by atoms with Crippen molar-refractivity contribution in [1.29, 1.82) is 0 Å². The minimum atomic E-state index is -0.432. The third-order valence-electron chi connectivity index (χ3n) is 2.40. The number of carbonyl (C=O) groups excluding carboxylic acids is 1. The zero-order chi connectivity index (χ0) is 13.7. The van der Waals surface area contributed by atoms with Crippen LogP contribution in [-0.4, -0.2) is 17.7 Å². The molecule has 0 unspecified atom stereocenters. The molecular formula is C14H12ClNO3. The van der Waals surface area contributed by atoms with Gasteiger partial charge in [0.15, 0.2) is 0 Å². The van der Waals surface area contributed by atoms with Crippen molar-refractivity contribution in [3.63, 3.8) is 0 Å². The predicted octanol–water partition coefficient (Wildman–Crippen LogP) is 3.57. The lowest BCUT2D eigenvalue weighted by Gasteiger charge is -1.97. The molecule has 0 spiro atoms. The van der Waals surface area contributed by atoms with Gasteiger partial charge in [0.1, 0.15) is 5.69 Å². The Hall–Kier alpha value is -2.07. The van der Waals surface area contributed by atoms with Gasteiger partial charge in [0, 0.05) is 11.6 Å². The Kier molecular flexibility index (Phi) is 4.36. The van der Waals surface area contributed by atoms with E-state index in [-0.39, 0.29) is 5.22 Å². The summed E-state index contributed by atoms with van der Waals surface area (Å²) in [7, 11) is 0. The van der Waals surface area contributed by atoms with Crippen LogP contribution in [0.3, 0.4) is 0 Å². The average molecular weight is 278 g/mol. The topological polar surface area (TPSA) is 52.3 Å². The monoisotopic (exact) mass is 277 g/mol. The van der Waals surface area contributed by atoms with Crippen LogP contribution in [0.2, 0.25) is 5.22 Å². The molecule has 0 aliphatic carbocycles. The number of rotatable bonds is 4. The van der Waals surface area contributed by atoms with Crippen molar-refractivity contribution < 1.29 is 14.1 Å². The lowest BCUT2D eigenvalue weighted by molar-refractivity contribution is -0.137. The first-order valence-electron chi connectivity index (χ1n) is 5.77. The van der Waals surface area contributed by atoms with Crippen LogP contribution < -0.4 is 0 Å². The van der Waals surface area contributed by atoms with Gasteiger partial charge in [-0.25, -0.2) is 4.79 Å². The summed E-state index contributed by atoms with van der Waals surface area (Å²) in [5.74, 6) is -0.432. The highest BCUT2D eigenvalue weighted by molar-refractivity contribution is 6.30. The van der Waals surface area contributed by atoms with Crippen molar-refractivity contribution in [3.05, 3.63) is 47.2 Å². The first-order chi connectivity index (χ1) is 9.22. The van der Waals surface area contributed by atoms with E-state index in [0.717, 1.165) is 5.56 Å². The highest BCUT2D eigenvalue weighted by Crippen LogP contribution is 2.29. The summed E-state index contributed by atoms with van der Waals surface area (Å²) in [4.78, 5) is 11.3. The number of hydrogen-bond acceptors (Lipinski definition) is 4. The molecule has 0 aliphatic heterocycles. The summed E-state index contributed by atoms with van der Waals surface area (Å²) < 4.78 is 9.76. The van der Waals surface area contributed by atoms with Gasteiger partial charge in [-0.05, 0) is 24.6 Å². The Labute approximate surface area is 115 Å². The van der Waals surface area contributed by atoms with E-state index in [9.17, 15) is 4.79 Å². The van der Waals surface area contributed by atoms with Gasteiger partial charge in [-0.2, -0.15) is 0 Å². The van der Waals surface area contributed by atoms with E-state index in [1.165, 1.54) is 6.08 Å². The quantitative estimate of drug-likeness (QED) is 0.633. The van der Waals surface area contributed by atoms with Gasteiger partial charge in [0.25, 0.3) is 0 Å². The Bertz CT molecular complexity index is 590. The molecule has 2 rings (SSSR count). The highest BCUT2D eigenvalue weighted by atomic mass is 35.5. The van der Waals surface area contributed by atoms with Crippen LogP contribution in [0.25, 0.3) is 17.3 Å². The fraction of sp³-hybridized carbons (Fsp3) is 0.143. The molecule has 98 valence electrons. The third-order valence-corrected chi connectivity index (χ3v) is 2.68. The summed E-state index contributed by atoms with van der Waals surface area (Å²) in [5.41, 5.74) is 2.01. The van der Waals surface area contributed by atoms with Gasteiger partial charge >= 0.3 is 5.97 Å². The van der Waals surface area contributed by atoms with Crippen molar-refractivity contribution in [2.75, 3.05) is 6.61 Å². The molecule has 19 heavy (non-hydrogen) atoms. The maximum absolute atomic E-state index is 11.3. The van der Waals surface area contributed by atoms with Crippen molar-refractivity contribution in [1.82, 2.24) is 5.16 Å². The first-order valence-corrected chi connectivity index (χ1v) is 6.15. The smallest absolute Gasteiger partial charge is 0.330 e. The van der Waals surface area contributed by atoms with Gasteiger partial charge in [0.05, 0.1) is 12.2 Å². The molecule has 1 aromatic heterocycles. The first kappa shape index (κ1) is 13.4. The van der Waals surface area contributed by atoms with E-state index < -0.39 is 5.97 Å². The minimum absolute atomic E-state index is 0.138. The number of nitrogens with zero attached hydrogens (tertiary/aromatic N) is 1. The number of aromatic nitrogens is 1. The van der Waals surface area contributed by atoms with Crippen LogP contribution >= 0.6 is 11.6 Å². The molecule has 0 atom stereocenters. The second-order valence-corrected chi connectivity index (χ2v) is 4.01. The molecule has 1 aromatic carbocycles. The average Bonchev–Trinajstić information content (AvgIpc) is 2.79. The minimum Gasteiger partial charge on any atom is -0.463 e. The summed E-state index contributed by atoms with van der Waals surface area (Å²) in [6.45, 7) is 2.07. The molecule has 0 saturated carbocycles. The third kappa shape index (κ3) is 3.23. The van der Waals surface area contributed by atoms with Crippen LogP contribution in [-0.2, 0) is 9.53 Å². The maximum Gasteiger partial charge on any atom is 0.330 e. The number of carbonyl (C=O) groups is 1. The molecule has 5 heteroatoms. The van der Waals surface area contributed by atoms with Crippen LogP contribution in [0.1, 0.15) is 12.5 Å². The Balaban J connectivity index is 2.31. The number of halogens is 1. The Morgan fingerprint density at radius 1 is 1.42 bits per heavy atom. The van der Waals surface area contributed by atoms with E-state index in [4.69, 9.17) is 20.9 Å². The lowest BCUT2D eigenvalue weighted by Crippen LogP contribution is -1.98. The molecule has 0 N–H and O–H groups in total. The molecule has 2 aromatic rings. The number of hydrogen-bond donors (Lipinski definition) is 0. The van der Waals surface area contributed by atoms with Gasteiger partial charge in [-0.1, -0.05) is 35.5 Å². The maximum atomic E-state index is 11.3. The normalized spacial score (nSPS) is 10.8. The van der Waals surface area contributed by atoms with Gasteiger partial charge in [-0.15, -0.1) is 0 Å². The lowest BCUT2D eigenvalue weighted by atomic mass is 10.1. The molecule has 0 bridgehead atoms. The largest absolute Gasteiger partial charge is 0.463 e. The molecule has 0 amide bonds. The number of benzene rings is 1. The molecule has 0 radical (unpaired) electrons. The molecule has 4 nitrogen and oxygen atoms in total. The van der Waals surface area contributed by atoms with E-state index in [1.807, 2.05) is 30.3 Å². The van der Waals surface area contributed by atoms with Crippen LogP contribution in [0, 0.1) is 0 Å². The fourth-order valence-corrected chi connectivity index (χ4v) is 1.75. The van der Waals surface area contributed by atoms with E-state index in [1.54, 1.807) is 13.0 Å². The number of ether oxygens (including phenoxy) is 1. The molecule has 0 fully saturated rings. The molecular weight excluding hydrogens is 266 g/mol. The van der Waals surface area contributed by atoms with Gasteiger partial charge in [-0.3, -0.25) is 0 Å². The summed E-state index contributed by atoms with van der Waals surface area (Å²) >= 11 is 5.92. The van der Waals surface area contributed by atoms with Gasteiger partial charge < -0.3 is 9.26 Å².